The minimum Gasteiger partial charge on any atom is -0.466 e. The molecule has 0 atom stereocenters. The first-order valence-corrected chi connectivity index (χ1v) is 7.17. The standard InChI is InChI=1S/C18H18O4/c1-2-21-18(20)13-14-6-5-8-16(12-14)22-17-9-4-3-7-15(17)10-11-19/h3-9,11-12H,2,10,13H2,1H3. The van der Waals surface area contributed by atoms with E-state index >= 15 is 0 Å². The van der Waals surface area contributed by atoms with Crippen LogP contribution in [-0.4, -0.2) is 18.9 Å². The summed E-state index contributed by atoms with van der Waals surface area (Å²) in [5.41, 5.74) is 1.65. The summed E-state index contributed by atoms with van der Waals surface area (Å²) in [5, 5.41) is 0. The summed E-state index contributed by atoms with van der Waals surface area (Å²) in [5.74, 6) is 1.00. The molecule has 2 rings (SSSR count). The summed E-state index contributed by atoms with van der Waals surface area (Å²) >= 11 is 0. The predicted octanol–water partition coefficient (Wildman–Crippen LogP) is 3.33. The normalized spacial score (nSPS) is 10.0. The largest absolute Gasteiger partial charge is 0.466 e. The van der Waals surface area contributed by atoms with Crippen LogP contribution in [0, 0.1) is 0 Å². The van der Waals surface area contributed by atoms with E-state index in [9.17, 15) is 9.59 Å². The number of para-hydroxylation sites is 1. The Morgan fingerprint density at radius 2 is 1.95 bits per heavy atom. The number of rotatable bonds is 7. The van der Waals surface area contributed by atoms with Crippen molar-refractivity contribution in [2.24, 2.45) is 0 Å². The van der Waals surface area contributed by atoms with Gasteiger partial charge in [-0.2, -0.15) is 0 Å². The first-order chi connectivity index (χ1) is 10.7. The van der Waals surface area contributed by atoms with Crippen molar-refractivity contribution in [2.75, 3.05) is 6.61 Å². The van der Waals surface area contributed by atoms with Crippen LogP contribution in [0.15, 0.2) is 48.5 Å². The molecule has 0 fully saturated rings. The Labute approximate surface area is 129 Å². The van der Waals surface area contributed by atoms with Gasteiger partial charge in [-0.05, 0) is 30.7 Å². The third kappa shape index (κ3) is 4.45. The maximum Gasteiger partial charge on any atom is 0.310 e. The fraction of sp³-hybridized carbons (Fsp3) is 0.222. The summed E-state index contributed by atoms with van der Waals surface area (Å²) in [6.07, 6.45) is 1.36. The third-order valence-electron chi connectivity index (χ3n) is 3.06. The van der Waals surface area contributed by atoms with Crippen LogP contribution >= 0.6 is 0 Å². The van der Waals surface area contributed by atoms with Crippen LogP contribution in [0.25, 0.3) is 0 Å². The van der Waals surface area contributed by atoms with E-state index < -0.39 is 0 Å². The van der Waals surface area contributed by atoms with Gasteiger partial charge >= 0.3 is 5.97 Å². The average Bonchev–Trinajstić information content (AvgIpc) is 2.50. The van der Waals surface area contributed by atoms with E-state index in [2.05, 4.69) is 0 Å². The second kappa shape index (κ2) is 7.98. The summed E-state index contributed by atoms with van der Waals surface area (Å²) in [7, 11) is 0. The van der Waals surface area contributed by atoms with E-state index in [0.717, 1.165) is 17.4 Å². The van der Waals surface area contributed by atoms with Crippen molar-refractivity contribution in [3.05, 3.63) is 59.7 Å². The van der Waals surface area contributed by atoms with Crippen LogP contribution < -0.4 is 4.74 Å². The van der Waals surface area contributed by atoms with E-state index in [4.69, 9.17) is 9.47 Å². The van der Waals surface area contributed by atoms with Crippen LogP contribution in [0.1, 0.15) is 18.1 Å². The first-order valence-electron chi connectivity index (χ1n) is 7.17. The first kappa shape index (κ1) is 15.8. The molecule has 2 aromatic carbocycles. The highest BCUT2D eigenvalue weighted by Crippen LogP contribution is 2.26. The topological polar surface area (TPSA) is 52.6 Å². The molecule has 0 N–H and O–H groups in total. The Bertz CT molecular complexity index is 649. The van der Waals surface area contributed by atoms with Crippen molar-refractivity contribution in [2.45, 2.75) is 19.8 Å². The monoisotopic (exact) mass is 298 g/mol. The zero-order valence-corrected chi connectivity index (χ0v) is 12.5. The van der Waals surface area contributed by atoms with Gasteiger partial charge in [-0.25, -0.2) is 0 Å². The van der Waals surface area contributed by atoms with E-state index in [-0.39, 0.29) is 12.4 Å². The van der Waals surface area contributed by atoms with Gasteiger partial charge in [0.2, 0.25) is 0 Å². The number of hydrogen-bond donors (Lipinski definition) is 0. The van der Waals surface area contributed by atoms with Gasteiger partial charge in [0.1, 0.15) is 17.8 Å². The molecule has 0 unspecified atom stereocenters. The van der Waals surface area contributed by atoms with Crippen molar-refractivity contribution >= 4 is 12.3 Å². The number of ether oxygens (including phenoxy) is 2. The SMILES string of the molecule is CCOC(=O)Cc1cccc(Oc2ccccc2CC=O)c1. The van der Waals surface area contributed by atoms with Crippen molar-refractivity contribution < 1.29 is 19.1 Å². The number of benzene rings is 2. The third-order valence-corrected chi connectivity index (χ3v) is 3.06. The van der Waals surface area contributed by atoms with Gasteiger partial charge in [0, 0.05) is 12.0 Å². The smallest absolute Gasteiger partial charge is 0.310 e. The Kier molecular flexibility index (Phi) is 5.72. The molecular weight excluding hydrogens is 280 g/mol. The highest BCUT2D eigenvalue weighted by Gasteiger charge is 2.07. The summed E-state index contributed by atoms with van der Waals surface area (Å²) in [6.45, 7) is 2.15. The summed E-state index contributed by atoms with van der Waals surface area (Å²) < 4.78 is 10.8. The van der Waals surface area contributed by atoms with Gasteiger partial charge in [-0.15, -0.1) is 0 Å². The quantitative estimate of drug-likeness (QED) is 0.581. The molecule has 0 aromatic heterocycles. The lowest BCUT2D eigenvalue weighted by Crippen LogP contribution is -2.07. The molecule has 0 amide bonds. The molecule has 0 heterocycles. The number of carbonyl (C=O) groups is 2. The van der Waals surface area contributed by atoms with Gasteiger partial charge in [0.25, 0.3) is 0 Å². The molecule has 0 bridgehead atoms. The predicted molar refractivity (Wildman–Crippen MR) is 83.1 cm³/mol. The molecule has 4 heteroatoms. The van der Waals surface area contributed by atoms with E-state index in [1.165, 1.54) is 0 Å². The van der Waals surface area contributed by atoms with E-state index in [0.29, 0.717) is 24.5 Å². The van der Waals surface area contributed by atoms with E-state index in [1.807, 2.05) is 42.5 Å². The molecule has 22 heavy (non-hydrogen) atoms. The Hall–Kier alpha value is -2.62. The zero-order valence-electron chi connectivity index (χ0n) is 12.5. The molecule has 0 radical (unpaired) electrons. The molecule has 2 aromatic rings. The van der Waals surface area contributed by atoms with Crippen molar-refractivity contribution in [3.63, 3.8) is 0 Å². The summed E-state index contributed by atoms with van der Waals surface area (Å²) in [6, 6.07) is 14.7. The van der Waals surface area contributed by atoms with Gasteiger partial charge in [-0.3, -0.25) is 4.79 Å². The Balaban J connectivity index is 2.13. The van der Waals surface area contributed by atoms with Crippen molar-refractivity contribution in [3.8, 4) is 11.5 Å². The Morgan fingerprint density at radius 1 is 1.14 bits per heavy atom. The van der Waals surface area contributed by atoms with Crippen LogP contribution in [0.3, 0.4) is 0 Å². The van der Waals surface area contributed by atoms with Crippen molar-refractivity contribution in [1.82, 2.24) is 0 Å². The van der Waals surface area contributed by atoms with Gasteiger partial charge < -0.3 is 14.3 Å². The highest BCUT2D eigenvalue weighted by molar-refractivity contribution is 5.72. The fourth-order valence-corrected chi connectivity index (χ4v) is 2.09. The lowest BCUT2D eigenvalue weighted by molar-refractivity contribution is -0.142. The van der Waals surface area contributed by atoms with Gasteiger partial charge in [0.05, 0.1) is 13.0 Å². The number of esters is 1. The molecule has 0 saturated carbocycles. The zero-order chi connectivity index (χ0) is 15.8. The van der Waals surface area contributed by atoms with Crippen LogP contribution in [-0.2, 0) is 27.2 Å². The Morgan fingerprint density at radius 3 is 2.73 bits per heavy atom. The second-order valence-corrected chi connectivity index (χ2v) is 4.71. The molecular formula is C18H18O4. The molecule has 0 aliphatic carbocycles. The van der Waals surface area contributed by atoms with Crippen LogP contribution in [0.2, 0.25) is 0 Å². The fourth-order valence-electron chi connectivity index (χ4n) is 2.09. The summed E-state index contributed by atoms with van der Waals surface area (Å²) in [4.78, 5) is 22.2. The highest BCUT2D eigenvalue weighted by atomic mass is 16.5. The number of hydrogen-bond acceptors (Lipinski definition) is 4. The maximum absolute atomic E-state index is 11.5. The minimum absolute atomic E-state index is 0.209. The van der Waals surface area contributed by atoms with Gasteiger partial charge in [-0.1, -0.05) is 30.3 Å². The van der Waals surface area contributed by atoms with Crippen LogP contribution in [0.5, 0.6) is 11.5 Å². The maximum atomic E-state index is 11.5. The molecule has 114 valence electrons. The lowest BCUT2D eigenvalue weighted by Gasteiger charge is -2.10. The number of carbonyl (C=O) groups excluding carboxylic acids is 2. The lowest BCUT2D eigenvalue weighted by atomic mass is 10.1. The molecule has 0 spiro atoms. The van der Waals surface area contributed by atoms with Gasteiger partial charge in [0.15, 0.2) is 0 Å². The molecule has 0 aliphatic rings. The van der Waals surface area contributed by atoms with E-state index in [1.54, 1.807) is 13.0 Å². The van der Waals surface area contributed by atoms with Crippen molar-refractivity contribution in [1.29, 1.82) is 0 Å². The van der Waals surface area contributed by atoms with Crippen LogP contribution in [0.4, 0.5) is 0 Å². The molecule has 0 saturated heterocycles. The molecule has 4 nitrogen and oxygen atoms in total. The second-order valence-electron chi connectivity index (χ2n) is 4.71. The number of aldehydes is 1. The average molecular weight is 298 g/mol. The minimum atomic E-state index is -0.263. The molecule has 0 aliphatic heterocycles.